The lowest BCUT2D eigenvalue weighted by Crippen LogP contribution is -2.45. The van der Waals surface area contributed by atoms with E-state index in [4.69, 9.17) is 5.73 Å². The topological polar surface area (TPSA) is 66.6 Å². The summed E-state index contributed by atoms with van der Waals surface area (Å²) in [5, 5.41) is 9.82. The molecule has 0 aliphatic carbocycles. The van der Waals surface area contributed by atoms with Crippen molar-refractivity contribution in [2.75, 3.05) is 18.8 Å². The number of aliphatic hydroxyl groups is 1. The molecule has 0 bridgehead atoms. The first kappa shape index (κ1) is 13.4. The molecule has 2 unspecified atom stereocenters. The normalized spacial score (nSPS) is 24.1. The van der Waals surface area contributed by atoms with Crippen LogP contribution in [-0.4, -0.2) is 35.1 Å². The minimum Gasteiger partial charge on any atom is -0.398 e. The van der Waals surface area contributed by atoms with Gasteiger partial charge < -0.3 is 15.7 Å². The van der Waals surface area contributed by atoms with Crippen LogP contribution in [0.25, 0.3) is 0 Å². The molecular weight excluding hydrogens is 296 g/mol. The van der Waals surface area contributed by atoms with Crippen molar-refractivity contribution in [3.8, 4) is 0 Å². The van der Waals surface area contributed by atoms with E-state index >= 15 is 0 Å². The van der Waals surface area contributed by atoms with Crippen LogP contribution >= 0.6 is 15.9 Å². The smallest absolute Gasteiger partial charge is 0.254 e. The van der Waals surface area contributed by atoms with Gasteiger partial charge in [-0.2, -0.15) is 0 Å². The summed E-state index contributed by atoms with van der Waals surface area (Å²) in [7, 11) is 0. The van der Waals surface area contributed by atoms with E-state index in [-0.39, 0.29) is 11.8 Å². The molecule has 3 N–H and O–H groups in total. The number of piperidine rings is 1. The van der Waals surface area contributed by atoms with Crippen molar-refractivity contribution < 1.29 is 9.90 Å². The Morgan fingerprint density at radius 3 is 2.89 bits per heavy atom. The number of halogens is 1. The molecule has 0 radical (unpaired) electrons. The van der Waals surface area contributed by atoms with Gasteiger partial charge >= 0.3 is 0 Å². The fraction of sp³-hybridized carbons (Fsp3) is 0.462. The van der Waals surface area contributed by atoms with E-state index < -0.39 is 6.10 Å². The van der Waals surface area contributed by atoms with Crippen LogP contribution in [0.15, 0.2) is 22.7 Å². The molecule has 18 heavy (non-hydrogen) atoms. The second-order valence-corrected chi connectivity index (χ2v) is 5.68. The highest BCUT2D eigenvalue weighted by atomic mass is 79.9. The molecule has 1 aliphatic heterocycles. The Hall–Kier alpha value is -1.07. The minimum atomic E-state index is -0.435. The van der Waals surface area contributed by atoms with Crippen molar-refractivity contribution in [2.45, 2.75) is 19.4 Å². The number of hydrogen-bond donors (Lipinski definition) is 2. The summed E-state index contributed by atoms with van der Waals surface area (Å²) in [6.45, 7) is 3.09. The van der Waals surface area contributed by atoms with Gasteiger partial charge in [0.05, 0.1) is 6.10 Å². The Balaban J connectivity index is 2.14. The lowest BCUT2D eigenvalue weighted by atomic mass is 9.95. The third-order valence-electron chi connectivity index (χ3n) is 3.45. The first-order chi connectivity index (χ1) is 8.49. The number of carbonyl (C=O) groups excluding carboxylic acids is 1. The van der Waals surface area contributed by atoms with Crippen molar-refractivity contribution in [2.24, 2.45) is 5.92 Å². The molecule has 1 heterocycles. The van der Waals surface area contributed by atoms with Crippen molar-refractivity contribution in [1.29, 1.82) is 0 Å². The van der Waals surface area contributed by atoms with Crippen molar-refractivity contribution in [3.05, 3.63) is 28.2 Å². The Morgan fingerprint density at radius 1 is 1.56 bits per heavy atom. The quantitative estimate of drug-likeness (QED) is 0.778. The van der Waals surface area contributed by atoms with Gasteiger partial charge in [0.1, 0.15) is 0 Å². The number of rotatable bonds is 1. The Bertz CT molecular complexity index is 464. The van der Waals surface area contributed by atoms with Crippen LogP contribution in [0.5, 0.6) is 0 Å². The molecule has 1 saturated heterocycles. The number of carbonyl (C=O) groups is 1. The molecule has 2 atom stereocenters. The largest absolute Gasteiger partial charge is 0.398 e. The van der Waals surface area contributed by atoms with E-state index in [2.05, 4.69) is 15.9 Å². The summed E-state index contributed by atoms with van der Waals surface area (Å²) >= 11 is 3.30. The number of β-amino-alcohol motifs (C(OH)–C–C–N with tert-alkyl or cyclic N) is 1. The van der Waals surface area contributed by atoms with Gasteiger partial charge in [0.2, 0.25) is 0 Å². The summed E-state index contributed by atoms with van der Waals surface area (Å²) in [6.07, 6.45) is 0.398. The molecule has 4 nitrogen and oxygen atoms in total. The van der Waals surface area contributed by atoms with Crippen LogP contribution in [0.4, 0.5) is 5.69 Å². The van der Waals surface area contributed by atoms with E-state index in [9.17, 15) is 9.90 Å². The van der Waals surface area contributed by atoms with E-state index in [1.807, 2.05) is 6.92 Å². The zero-order chi connectivity index (χ0) is 13.3. The van der Waals surface area contributed by atoms with Crippen LogP contribution in [0, 0.1) is 5.92 Å². The second kappa shape index (κ2) is 5.28. The van der Waals surface area contributed by atoms with Gasteiger partial charge in [-0.25, -0.2) is 0 Å². The number of anilines is 1. The number of benzene rings is 1. The molecule has 1 fully saturated rings. The first-order valence-electron chi connectivity index (χ1n) is 6.01. The van der Waals surface area contributed by atoms with Gasteiger partial charge in [-0.15, -0.1) is 0 Å². The molecule has 0 saturated carbocycles. The minimum absolute atomic E-state index is 0.0693. The number of hydrogen-bond acceptors (Lipinski definition) is 3. The van der Waals surface area contributed by atoms with Gasteiger partial charge in [0.15, 0.2) is 0 Å². The fourth-order valence-corrected chi connectivity index (χ4v) is 2.34. The first-order valence-corrected chi connectivity index (χ1v) is 6.80. The van der Waals surface area contributed by atoms with E-state index in [0.29, 0.717) is 24.3 Å². The predicted molar refractivity (Wildman–Crippen MR) is 74.2 cm³/mol. The zero-order valence-electron chi connectivity index (χ0n) is 10.3. The van der Waals surface area contributed by atoms with Gasteiger partial charge in [0, 0.05) is 28.8 Å². The predicted octanol–water partition coefficient (Wildman–Crippen LogP) is 1.87. The highest BCUT2D eigenvalue weighted by Crippen LogP contribution is 2.23. The SMILES string of the molecule is CC1CCN(C(=O)c2ccc(Br)c(N)c2)CC1O. The summed E-state index contributed by atoms with van der Waals surface area (Å²) in [5.41, 5.74) is 6.89. The van der Waals surface area contributed by atoms with Gasteiger partial charge in [-0.05, 0) is 46.5 Å². The lowest BCUT2D eigenvalue weighted by molar-refractivity contribution is 0.0248. The average Bonchev–Trinajstić information content (AvgIpc) is 2.35. The summed E-state index contributed by atoms with van der Waals surface area (Å²) < 4.78 is 0.784. The molecular formula is C13H17BrN2O2. The Morgan fingerprint density at radius 2 is 2.28 bits per heavy atom. The maximum atomic E-state index is 12.3. The van der Waals surface area contributed by atoms with Crippen LogP contribution in [0.1, 0.15) is 23.7 Å². The third-order valence-corrected chi connectivity index (χ3v) is 4.17. The maximum absolute atomic E-state index is 12.3. The molecule has 0 aromatic heterocycles. The monoisotopic (exact) mass is 312 g/mol. The molecule has 1 aromatic carbocycles. The summed E-state index contributed by atoms with van der Waals surface area (Å²) in [5.74, 6) is 0.184. The molecule has 98 valence electrons. The number of likely N-dealkylation sites (tertiary alicyclic amines) is 1. The molecule has 1 amide bonds. The Labute approximate surface area is 115 Å². The summed E-state index contributed by atoms with van der Waals surface area (Å²) in [6, 6.07) is 5.18. The van der Waals surface area contributed by atoms with E-state index in [0.717, 1.165) is 10.9 Å². The number of nitrogen functional groups attached to an aromatic ring is 1. The van der Waals surface area contributed by atoms with Gasteiger partial charge in [-0.1, -0.05) is 6.92 Å². The molecule has 1 aliphatic rings. The molecule has 2 rings (SSSR count). The lowest BCUT2D eigenvalue weighted by Gasteiger charge is -2.34. The second-order valence-electron chi connectivity index (χ2n) is 4.82. The average molecular weight is 313 g/mol. The Kier molecular flexibility index (Phi) is 3.92. The van der Waals surface area contributed by atoms with Crippen LogP contribution in [0.2, 0.25) is 0 Å². The molecule has 0 spiro atoms. The van der Waals surface area contributed by atoms with E-state index in [1.54, 1.807) is 23.1 Å². The summed E-state index contributed by atoms with van der Waals surface area (Å²) in [4.78, 5) is 13.9. The molecule has 5 heteroatoms. The van der Waals surface area contributed by atoms with Crippen LogP contribution < -0.4 is 5.73 Å². The molecule has 1 aromatic rings. The van der Waals surface area contributed by atoms with Crippen LogP contribution in [0.3, 0.4) is 0 Å². The number of amides is 1. The highest BCUT2D eigenvalue weighted by molar-refractivity contribution is 9.10. The maximum Gasteiger partial charge on any atom is 0.254 e. The van der Waals surface area contributed by atoms with Gasteiger partial charge in [-0.3, -0.25) is 4.79 Å². The highest BCUT2D eigenvalue weighted by Gasteiger charge is 2.27. The van der Waals surface area contributed by atoms with E-state index in [1.165, 1.54) is 0 Å². The number of nitrogens with zero attached hydrogens (tertiary/aromatic N) is 1. The van der Waals surface area contributed by atoms with Gasteiger partial charge in [0.25, 0.3) is 5.91 Å². The van der Waals surface area contributed by atoms with Crippen molar-refractivity contribution in [1.82, 2.24) is 4.90 Å². The standard InChI is InChI=1S/C13H17BrN2O2/c1-8-4-5-16(7-12(8)17)13(18)9-2-3-10(14)11(15)6-9/h2-3,6,8,12,17H,4-5,7,15H2,1H3. The van der Waals surface area contributed by atoms with Crippen LogP contribution in [-0.2, 0) is 0 Å². The zero-order valence-corrected chi connectivity index (χ0v) is 11.9. The fourth-order valence-electron chi connectivity index (χ4n) is 2.09. The van der Waals surface area contributed by atoms with Crippen molar-refractivity contribution in [3.63, 3.8) is 0 Å². The number of nitrogens with two attached hydrogens (primary N) is 1. The number of aliphatic hydroxyl groups excluding tert-OH is 1. The van der Waals surface area contributed by atoms with Crippen molar-refractivity contribution >= 4 is 27.5 Å². The third kappa shape index (κ3) is 2.67.